The van der Waals surface area contributed by atoms with Crippen molar-refractivity contribution in [2.24, 2.45) is 5.10 Å². The van der Waals surface area contributed by atoms with E-state index < -0.39 is 0 Å². The molecule has 0 saturated carbocycles. The van der Waals surface area contributed by atoms with Crippen LogP contribution >= 0.6 is 23.2 Å². The lowest BCUT2D eigenvalue weighted by molar-refractivity contribution is 0.415. The maximum absolute atomic E-state index is 5.91. The van der Waals surface area contributed by atoms with Crippen molar-refractivity contribution in [3.63, 3.8) is 0 Å². The highest BCUT2D eigenvalue weighted by Gasteiger charge is 1.98. The lowest BCUT2D eigenvalue weighted by Crippen LogP contribution is -1.91. The van der Waals surface area contributed by atoms with E-state index in [4.69, 9.17) is 27.9 Å². The van der Waals surface area contributed by atoms with Gasteiger partial charge in [0.05, 0.1) is 29.1 Å². The van der Waals surface area contributed by atoms with Crippen LogP contribution in [0.3, 0.4) is 0 Å². The number of ether oxygens (including phenoxy) is 1. The van der Waals surface area contributed by atoms with Crippen LogP contribution in [0, 0.1) is 0 Å². The van der Waals surface area contributed by atoms with E-state index in [9.17, 15) is 0 Å². The fraction of sp³-hybridized carbons (Fsp3) is 0.0714. The highest BCUT2D eigenvalue weighted by Crippen LogP contribution is 2.24. The molecule has 0 heterocycles. The smallest absolute Gasteiger partial charge is 0.119 e. The van der Waals surface area contributed by atoms with Gasteiger partial charge in [0.1, 0.15) is 5.75 Å². The fourth-order valence-electron chi connectivity index (χ4n) is 1.47. The third kappa shape index (κ3) is 3.88. The lowest BCUT2D eigenvalue weighted by Gasteiger charge is -2.02. The highest BCUT2D eigenvalue weighted by atomic mass is 35.5. The first-order chi connectivity index (χ1) is 9.19. The summed E-state index contributed by atoms with van der Waals surface area (Å²) in [5.74, 6) is 0.790. The van der Waals surface area contributed by atoms with E-state index in [1.807, 2.05) is 24.3 Å². The first-order valence-electron chi connectivity index (χ1n) is 5.57. The normalized spacial score (nSPS) is 10.7. The number of benzene rings is 2. The number of hydrogen-bond acceptors (Lipinski definition) is 3. The number of nitrogens with one attached hydrogen (secondary N) is 1. The van der Waals surface area contributed by atoms with Crippen LogP contribution in [0.1, 0.15) is 5.56 Å². The van der Waals surface area contributed by atoms with Gasteiger partial charge < -0.3 is 4.74 Å². The zero-order valence-electron chi connectivity index (χ0n) is 10.2. The van der Waals surface area contributed by atoms with E-state index in [-0.39, 0.29) is 0 Å². The van der Waals surface area contributed by atoms with Gasteiger partial charge in [0, 0.05) is 0 Å². The molecular formula is C14H12Cl2N2O. The van der Waals surface area contributed by atoms with Gasteiger partial charge in [-0.1, -0.05) is 35.3 Å². The van der Waals surface area contributed by atoms with Crippen molar-refractivity contribution in [1.29, 1.82) is 0 Å². The Labute approximate surface area is 121 Å². The highest BCUT2D eigenvalue weighted by molar-refractivity contribution is 6.42. The van der Waals surface area contributed by atoms with Gasteiger partial charge >= 0.3 is 0 Å². The Kier molecular flexibility index (Phi) is 4.66. The molecule has 0 aliphatic carbocycles. The molecule has 0 atom stereocenters. The second-order valence-corrected chi connectivity index (χ2v) is 4.59. The van der Waals surface area contributed by atoms with Crippen LogP contribution in [0.2, 0.25) is 10.0 Å². The molecule has 1 N–H and O–H groups in total. The van der Waals surface area contributed by atoms with Crippen LogP contribution < -0.4 is 10.2 Å². The molecule has 98 valence electrons. The molecule has 0 radical (unpaired) electrons. The minimum atomic E-state index is 0.489. The summed E-state index contributed by atoms with van der Waals surface area (Å²) < 4.78 is 5.13. The van der Waals surface area contributed by atoms with Crippen molar-refractivity contribution in [2.75, 3.05) is 12.5 Å². The number of hydrazone groups is 1. The molecule has 0 amide bonds. The van der Waals surface area contributed by atoms with Crippen LogP contribution in [0.15, 0.2) is 47.6 Å². The molecule has 2 aromatic rings. The van der Waals surface area contributed by atoms with Crippen molar-refractivity contribution in [3.8, 4) is 5.75 Å². The summed E-state index contributed by atoms with van der Waals surface area (Å²) in [5.41, 5.74) is 4.59. The number of rotatable bonds is 4. The Hall–Kier alpha value is -1.71. The molecule has 0 aliphatic rings. The summed E-state index contributed by atoms with van der Waals surface area (Å²) >= 11 is 11.7. The van der Waals surface area contributed by atoms with Gasteiger partial charge in [-0.05, 0) is 35.9 Å². The van der Waals surface area contributed by atoms with E-state index in [0.29, 0.717) is 10.0 Å². The molecular weight excluding hydrogens is 283 g/mol. The molecule has 19 heavy (non-hydrogen) atoms. The quantitative estimate of drug-likeness (QED) is 0.668. The molecule has 0 unspecified atom stereocenters. The standard InChI is InChI=1S/C14H12Cl2N2O/c1-19-12-4-2-3-10(7-12)9-17-18-11-5-6-13(15)14(16)8-11/h2-9,18H,1H3. The zero-order chi connectivity index (χ0) is 13.7. The van der Waals surface area contributed by atoms with Gasteiger partial charge in [-0.15, -0.1) is 0 Å². The summed E-state index contributed by atoms with van der Waals surface area (Å²) in [6.07, 6.45) is 1.70. The van der Waals surface area contributed by atoms with Crippen LogP contribution in [-0.4, -0.2) is 13.3 Å². The molecule has 3 nitrogen and oxygen atoms in total. The second kappa shape index (κ2) is 6.45. The maximum Gasteiger partial charge on any atom is 0.119 e. The number of methoxy groups -OCH3 is 1. The molecule has 0 aliphatic heterocycles. The minimum absolute atomic E-state index is 0.489. The average Bonchev–Trinajstić information content (AvgIpc) is 2.43. The van der Waals surface area contributed by atoms with Crippen molar-refractivity contribution in [1.82, 2.24) is 0 Å². The molecule has 0 spiro atoms. The molecule has 2 rings (SSSR count). The summed E-state index contributed by atoms with van der Waals surface area (Å²) in [7, 11) is 1.63. The Balaban J connectivity index is 2.04. The fourth-order valence-corrected chi connectivity index (χ4v) is 1.77. The largest absolute Gasteiger partial charge is 0.497 e. The van der Waals surface area contributed by atoms with Gasteiger partial charge in [0.25, 0.3) is 0 Å². The van der Waals surface area contributed by atoms with Gasteiger partial charge in [-0.25, -0.2) is 0 Å². The van der Waals surface area contributed by atoms with Gasteiger partial charge in [0.15, 0.2) is 0 Å². The molecule has 0 fully saturated rings. The van der Waals surface area contributed by atoms with Crippen molar-refractivity contribution in [3.05, 3.63) is 58.1 Å². The van der Waals surface area contributed by atoms with Crippen LogP contribution in [0.4, 0.5) is 5.69 Å². The first kappa shape index (κ1) is 13.7. The third-order valence-corrected chi connectivity index (χ3v) is 3.16. The summed E-state index contributed by atoms with van der Waals surface area (Å²) in [6, 6.07) is 12.8. The van der Waals surface area contributed by atoms with E-state index in [1.165, 1.54) is 0 Å². The van der Waals surface area contributed by atoms with Gasteiger partial charge in [-0.3, -0.25) is 5.43 Å². The molecule has 5 heteroatoms. The van der Waals surface area contributed by atoms with Crippen LogP contribution in [0.5, 0.6) is 5.75 Å². The summed E-state index contributed by atoms with van der Waals surface area (Å²) in [4.78, 5) is 0. The van der Waals surface area contributed by atoms with Gasteiger partial charge in [0.2, 0.25) is 0 Å². The SMILES string of the molecule is COc1cccc(C=NNc2ccc(Cl)c(Cl)c2)c1. The summed E-state index contributed by atoms with van der Waals surface area (Å²) in [6.45, 7) is 0. The lowest BCUT2D eigenvalue weighted by atomic mass is 10.2. The van der Waals surface area contributed by atoms with E-state index in [1.54, 1.807) is 31.5 Å². The number of halogens is 2. The van der Waals surface area contributed by atoms with E-state index in [0.717, 1.165) is 17.0 Å². The van der Waals surface area contributed by atoms with Crippen molar-refractivity contribution in [2.45, 2.75) is 0 Å². The molecule has 0 bridgehead atoms. The topological polar surface area (TPSA) is 33.6 Å². The molecule has 0 saturated heterocycles. The van der Waals surface area contributed by atoms with E-state index >= 15 is 0 Å². The average molecular weight is 295 g/mol. The van der Waals surface area contributed by atoms with E-state index in [2.05, 4.69) is 10.5 Å². The zero-order valence-corrected chi connectivity index (χ0v) is 11.7. The Morgan fingerprint density at radius 3 is 2.68 bits per heavy atom. The Morgan fingerprint density at radius 1 is 1.11 bits per heavy atom. The van der Waals surface area contributed by atoms with Gasteiger partial charge in [-0.2, -0.15) is 5.10 Å². The third-order valence-electron chi connectivity index (χ3n) is 2.42. The number of nitrogens with zero attached hydrogens (tertiary/aromatic N) is 1. The Morgan fingerprint density at radius 2 is 1.95 bits per heavy atom. The number of anilines is 1. The van der Waals surface area contributed by atoms with Crippen LogP contribution in [-0.2, 0) is 0 Å². The maximum atomic E-state index is 5.91. The first-order valence-corrected chi connectivity index (χ1v) is 6.33. The Bertz CT molecular complexity index is 600. The molecule has 0 aromatic heterocycles. The minimum Gasteiger partial charge on any atom is -0.497 e. The monoisotopic (exact) mass is 294 g/mol. The second-order valence-electron chi connectivity index (χ2n) is 3.78. The predicted octanol–water partition coefficient (Wildman–Crippen LogP) is 4.45. The predicted molar refractivity (Wildman–Crippen MR) is 80.7 cm³/mol. The summed E-state index contributed by atoms with van der Waals surface area (Å²) in [5, 5.41) is 5.13. The van der Waals surface area contributed by atoms with Crippen LogP contribution in [0.25, 0.3) is 0 Å². The number of hydrogen-bond donors (Lipinski definition) is 1. The van der Waals surface area contributed by atoms with Crippen molar-refractivity contribution >= 4 is 35.1 Å². The molecule has 2 aromatic carbocycles. The van der Waals surface area contributed by atoms with Crippen molar-refractivity contribution < 1.29 is 4.74 Å².